The van der Waals surface area contributed by atoms with Gasteiger partial charge >= 0.3 is 0 Å². The topological polar surface area (TPSA) is 40.5 Å². The van der Waals surface area contributed by atoms with E-state index in [0.29, 0.717) is 12.3 Å². The maximum absolute atomic E-state index is 9.37. The van der Waals surface area contributed by atoms with Gasteiger partial charge in [-0.15, -0.1) is 0 Å². The average Bonchev–Trinajstić information content (AvgIpc) is 1.85. The fourth-order valence-corrected chi connectivity index (χ4v) is 1.05. The van der Waals surface area contributed by atoms with Gasteiger partial charge in [0.15, 0.2) is 0 Å². The summed E-state index contributed by atoms with van der Waals surface area (Å²) in [5, 5.41) is 17.9. The molecule has 0 fully saturated rings. The summed E-state index contributed by atoms with van der Waals surface area (Å²) >= 11 is 0. The number of aliphatic hydroxyl groups excluding tert-OH is 2. The van der Waals surface area contributed by atoms with E-state index in [1.165, 1.54) is 0 Å². The van der Waals surface area contributed by atoms with Crippen LogP contribution in [0.25, 0.3) is 0 Å². The van der Waals surface area contributed by atoms with Gasteiger partial charge < -0.3 is 10.2 Å². The van der Waals surface area contributed by atoms with Crippen molar-refractivity contribution in [3.63, 3.8) is 0 Å². The first-order valence-corrected chi connectivity index (χ1v) is 4.04. The van der Waals surface area contributed by atoms with E-state index in [1.807, 2.05) is 6.92 Å². The lowest BCUT2D eigenvalue weighted by Gasteiger charge is -2.12. The van der Waals surface area contributed by atoms with Gasteiger partial charge in [0.2, 0.25) is 0 Å². The van der Waals surface area contributed by atoms with Gasteiger partial charge in [-0.3, -0.25) is 0 Å². The van der Waals surface area contributed by atoms with Crippen LogP contribution in [0, 0.1) is 5.92 Å². The minimum absolute atomic E-state index is 0.307. The third-order valence-corrected chi connectivity index (χ3v) is 1.52. The maximum atomic E-state index is 9.37. The molecule has 2 nitrogen and oxygen atoms in total. The Labute approximate surface area is 68.6 Å². The lowest BCUT2D eigenvalue weighted by atomic mass is 10.0. The largest absolute Gasteiger partial charge is 0.516 e. The second-order valence-electron chi connectivity index (χ2n) is 3.46. The van der Waals surface area contributed by atoms with Crippen molar-refractivity contribution in [1.29, 1.82) is 0 Å². The predicted octanol–water partition coefficient (Wildman–Crippen LogP) is 2.25. The van der Waals surface area contributed by atoms with Gasteiger partial charge in [0, 0.05) is 0 Å². The second-order valence-corrected chi connectivity index (χ2v) is 3.46. The Bertz CT molecular complexity index is 128. The summed E-state index contributed by atoms with van der Waals surface area (Å²) in [4.78, 5) is 0. The van der Waals surface area contributed by atoms with Crippen molar-refractivity contribution in [2.45, 2.75) is 39.7 Å². The van der Waals surface area contributed by atoms with Crippen molar-refractivity contribution in [1.82, 2.24) is 0 Å². The summed E-state index contributed by atoms with van der Waals surface area (Å²) in [6, 6.07) is 0. The van der Waals surface area contributed by atoms with E-state index in [4.69, 9.17) is 5.11 Å². The Morgan fingerprint density at radius 1 is 1.45 bits per heavy atom. The number of hydrogen-bond acceptors (Lipinski definition) is 2. The molecule has 1 atom stereocenters. The minimum Gasteiger partial charge on any atom is -0.516 e. The maximum Gasteiger partial charge on any atom is 0.0781 e. The summed E-state index contributed by atoms with van der Waals surface area (Å²) in [6.45, 7) is 5.95. The van der Waals surface area contributed by atoms with Crippen molar-refractivity contribution < 1.29 is 10.2 Å². The van der Waals surface area contributed by atoms with Gasteiger partial charge in [-0.2, -0.15) is 0 Å². The highest BCUT2D eigenvalue weighted by atomic mass is 16.3. The Kier molecular flexibility index (Phi) is 4.95. The van der Waals surface area contributed by atoms with Gasteiger partial charge in [-0.25, -0.2) is 0 Å². The zero-order chi connectivity index (χ0) is 8.85. The van der Waals surface area contributed by atoms with Gasteiger partial charge in [0.25, 0.3) is 0 Å². The quantitative estimate of drug-likeness (QED) is 0.616. The molecule has 11 heavy (non-hydrogen) atoms. The fourth-order valence-electron chi connectivity index (χ4n) is 1.05. The van der Waals surface area contributed by atoms with E-state index >= 15 is 0 Å². The van der Waals surface area contributed by atoms with Crippen molar-refractivity contribution in [3.05, 3.63) is 11.8 Å². The van der Waals surface area contributed by atoms with Crippen LogP contribution in [-0.2, 0) is 0 Å². The molecule has 1 unspecified atom stereocenters. The first kappa shape index (κ1) is 10.5. The van der Waals surface area contributed by atoms with Gasteiger partial charge in [0.05, 0.1) is 12.4 Å². The third kappa shape index (κ3) is 5.92. The molecular weight excluding hydrogens is 140 g/mol. The first-order chi connectivity index (χ1) is 5.06. The third-order valence-electron chi connectivity index (χ3n) is 1.52. The summed E-state index contributed by atoms with van der Waals surface area (Å²) < 4.78 is 0. The van der Waals surface area contributed by atoms with Crippen LogP contribution < -0.4 is 0 Å². The van der Waals surface area contributed by atoms with Gasteiger partial charge in [-0.1, -0.05) is 13.8 Å². The highest BCUT2D eigenvalue weighted by Crippen LogP contribution is 2.11. The lowest BCUT2D eigenvalue weighted by Crippen LogP contribution is -2.10. The number of aliphatic hydroxyl groups is 2. The smallest absolute Gasteiger partial charge is 0.0781 e. The normalized spacial score (nSPS) is 15.5. The van der Waals surface area contributed by atoms with E-state index in [-0.39, 0.29) is 6.10 Å². The van der Waals surface area contributed by atoms with Crippen LogP contribution in [-0.4, -0.2) is 16.3 Å². The van der Waals surface area contributed by atoms with Crippen molar-refractivity contribution in [2.75, 3.05) is 0 Å². The standard InChI is InChI=1S/C9H18O2/c1-7(2)4-9(11)5-8(3)6-10/h6-7,9-11H,4-5H2,1-3H3. The van der Waals surface area contributed by atoms with Crippen LogP contribution in [0.2, 0.25) is 0 Å². The molecule has 0 bridgehead atoms. The van der Waals surface area contributed by atoms with Gasteiger partial charge in [0.1, 0.15) is 0 Å². The van der Waals surface area contributed by atoms with E-state index in [0.717, 1.165) is 18.3 Å². The molecule has 0 rings (SSSR count). The van der Waals surface area contributed by atoms with E-state index in [1.54, 1.807) is 0 Å². The van der Waals surface area contributed by atoms with Crippen LogP contribution in [0.1, 0.15) is 33.6 Å². The molecular formula is C9H18O2. The van der Waals surface area contributed by atoms with Crippen molar-refractivity contribution in [3.8, 4) is 0 Å². The Morgan fingerprint density at radius 3 is 2.36 bits per heavy atom. The molecule has 0 aliphatic carbocycles. The van der Waals surface area contributed by atoms with E-state index in [2.05, 4.69) is 13.8 Å². The molecule has 0 amide bonds. The average molecular weight is 158 g/mol. The molecule has 0 aromatic carbocycles. The molecule has 0 aromatic heterocycles. The zero-order valence-corrected chi connectivity index (χ0v) is 7.54. The molecule has 0 aromatic rings. The SMILES string of the molecule is CC(=CO)CC(O)CC(C)C. The molecule has 0 heterocycles. The summed E-state index contributed by atoms with van der Waals surface area (Å²) in [5.41, 5.74) is 0.832. The van der Waals surface area contributed by atoms with Crippen LogP contribution in [0.5, 0.6) is 0 Å². The molecule has 0 aliphatic rings. The van der Waals surface area contributed by atoms with Gasteiger partial charge in [-0.05, 0) is 31.3 Å². The highest BCUT2D eigenvalue weighted by molar-refractivity contribution is 4.94. The van der Waals surface area contributed by atoms with Crippen LogP contribution in [0.15, 0.2) is 11.8 Å². The fraction of sp³-hybridized carbons (Fsp3) is 0.778. The second kappa shape index (κ2) is 5.19. The molecule has 66 valence electrons. The Hall–Kier alpha value is -0.500. The Morgan fingerprint density at radius 2 is 2.00 bits per heavy atom. The summed E-state index contributed by atoms with van der Waals surface area (Å²) in [6.07, 6.45) is 2.13. The molecule has 0 saturated heterocycles. The van der Waals surface area contributed by atoms with Crippen molar-refractivity contribution >= 4 is 0 Å². The predicted molar refractivity (Wildman–Crippen MR) is 46.5 cm³/mol. The monoisotopic (exact) mass is 158 g/mol. The summed E-state index contributed by atoms with van der Waals surface area (Å²) in [7, 11) is 0. The summed E-state index contributed by atoms with van der Waals surface area (Å²) in [5.74, 6) is 0.511. The molecule has 0 spiro atoms. The highest BCUT2D eigenvalue weighted by Gasteiger charge is 2.06. The molecule has 2 heteroatoms. The molecule has 0 radical (unpaired) electrons. The van der Waals surface area contributed by atoms with E-state index < -0.39 is 0 Å². The molecule has 0 aliphatic heterocycles. The molecule has 2 N–H and O–H groups in total. The van der Waals surface area contributed by atoms with Crippen LogP contribution in [0.4, 0.5) is 0 Å². The molecule has 0 saturated carbocycles. The van der Waals surface area contributed by atoms with E-state index in [9.17, 15) is 5.11 Å². The van der Waals surface area contributed by atoms with Crippen LogP contribution >= 0.6 is 0 Å². The minimum atomic E-state index is -0.307. The van der Waals surface area contributed by atoms with Crippen molar-refractivity contribution in [2.24, 2.45) is 5.92 Å². The first-order valence-electron chi connectivity index (χ1n) is 4.04. The van der Waals surface area contributed by atoms with Crippen LogP contribution in [0.3, 0.4) is 0 Å². The Balaban J connectivity index is 3.60. The number of rotatable bonds is 4. The number of hydrogen-bond donors (Lipinski definition) is 2. The lowest BCUT2D eigenvalue weighted by molar-refractivity contribution is 0.148. The zero-order valence-electron chi connectivity index (χ0n) is 7.54.